The Balaban J connectivity index is 3.12. The van der Waals surface area contributed by atoms with Crippen LogP contribution in [0.5, 0.6) is 11.5 Å². The average Bonchev–Trinajstić information content (AvgIpc) is 2.52. The van der Waals surface area contributed by atoms with E-state index in [4.69, 9.17) is 10.5 Å². The molecule has 0 bridgehead atoms. The molecular formula is C18H20N2O7. The molecular weight excluding hydrogens is 356 g/mol. The first-order valence-corrected chi connectivity index (χ1v) is 7.84. The van der Waals surface area contributed by atoms with Gasteiger partial charge in [-0.15, -0.1) is 0 Å². The maximum atomic E-state index is 12.2. The molecule has 0 radical (unpaired) electrons. The number of carboxylic acid groups (broad SMARTS) is 2. The Bertz CT molecular complexity index is 1000. The molecule has 0 spiro atoms. The van der Waals surface area contributed by atoms with Gasteiger partial charge in [0.05, 0.1) is 7.11 Å². The number of carbonyl (C=O) groups is 2. The number of hydrogen-bond acceptors (Lipinski definition) is 6. The van der Waals surface area contributed by atoms with Crippen LogP contribution in [0.1, 0.15) is 47.1 Å². The quantitative estimate of drug-likeness (QED) is 0.541. The lowest BCUT2D eigenvalue weighted by atomic mass is 9.83. The number of rotatable bonds is 4. The molecule has 0 atom stereocenters. The maximum absolute atomic E-state index is 12.2. The molecule has 0 fully saturated rings. The molecule has 1 aromatic heterocycles. The first-order valence-electron chi connectivity index (χ1n) is 7.84. The molecule has 1 aromatic carbocycles. The summed E-state index contributed by atoms with van der Waals surface area (Å²) >= 11 is 0. The Morgan fingerprint density at radius 3 is 2.11 bits per heavy atom. The molecule has 6 N–H and O–H groups in total. The average molecular weight is 376 g/mol. The topological polar surface area (TPSA) is 163 Å². The minimum Gasteiger partial charge on any atom is -0.504 e. The van der Waals surface area contributed by atoms with Crippen molar-refractivity contribution in [2.45, 2.75) is 26.2 Å². The molecule has 0 aliphatic heterocycles. The number of H-pyrrole nitrogens is 1. The number of aromatic hydroxyl groups is 1. The predicted octanol–water partition coefficient (Wildman–Crippen LogP) is 2.03. The second kappa shape index (κ2) is 6.67. The highest BCUT2D eigenvalue weighted by Gasteiger charge is 2.30. The third-order valence-corrected chi connectivity index (χ3v) is 4.10. The Morgan fingerprint density at radius 1 is 1.11 bits per heavy atom. The van der Waals surface area contributed by atoms with Crippen molar-refractivity contribution < 1.29 is 29.6 Å². The van der Waals surface area contributed by atoms with Gasteiger partial charge in [-0.3, -0.25) is 4.79 Å². The zero-order chi connectivity index (χ0) is 20.7. The summed E-state index contributed by atoms with van der Waals surface area (Å²) in [7, 11) is 1.30. The number of pyridine rings is 1. The van der Waals surface area contributed by atoms with Crippen LogP contribution in [0.15, 0.2) is 16.9 Å². The van der Waals surface area contributed by atoms with Crippen LogP contribution in [0.3, 0.4) is 0 Å². The van der Waals surface area contributed by atoms with Gasteiger partial charge in [0.2, 0.25) is 0 Å². The van der Waals surface area contributed by atoms with Crippen molar-refractivity contribution in [1.29, 1.82) is 0 Å². The lowest BCUT2D eigenvalue weighted by molar-refractivity contribution is 0.0695. The maximum Gasteiger partial charge on any atom is 0.342 e. The van der Waals surface area contributed by atoms with E-state index in [1.165, 1.54) is 13.2 Å². The number of benzene rings is 1. The zero-order valence-corrected chi connectivity index (χ0v) is 15.2. The van der Waals surface area contributed by atoms with Crippen molar-refractivity contribution in [3.8, 4) is 22.6 Å². The molecule has 0 aliphatic rings. The second-order valence-corrected chi connectivity index (χ2v) is 6.93. The van der Waals surface area contributed by atoms with Crippen molar-refractivity contribution in [2.75, 3.05) is 12.8 Å². The molecule has 9 heteroatoms. The van der Waals surface area contributed by atoms with Crippen molar-refractivity contribution in [1.82, 2.24) is 4.98 Å². The van der Waals surface area contributed by atoms with Gasteiger partial charge in [0.1, 0.15) is 16.9 Å². The second-order valence-electron chi connectivity index (χ2n) is 6.93. The normalized spacial score (nSPS) is 11.3. The van der Waals surface area contributed by atoms with E-state index in [1.807, 2.05) is 25.8 Å². The molecule has 0 saturated carbocycles. The van der Waals surface area contributed by atoms with Crippen molar-refractivity contribution >= 4 is 17.8 Å². The summed E-state index contributed by atoms with van der Waals surface area (Å²) in [5, 5.41) is 29.6. The molecule has 9 nitrogen and oxygen atoms in total. The van der Waals surface area contributed by atoms with Crippen LogP contribution in [0.25, 0.3) is 11.1 Å². The number of anilines is 1. The smallest absolute Gasteiger partial charge is 0.342 e. The summed E-state index contributed by atoms with van der Waals surface area (Å²) < 4.78 is 5.14. The van der Waals surface area contributed by atoms with E-state index < -0.39 is 51.2 Å². The number of methoxy groups -OCH3 is 1. The fourth-order valence-electron chi connectivity index (χ4n) is 2.70. The number of nitrogen functional groups attached to an aromatic ring is 1. The van der Waals surface area contributed by atoms with Crippen molar-refractivity contribution in [3.05, 3.63) is 39.2 Å². The van der Waals surface area contributed by atoms with Gasteiger partial charge in [0, 0.05) is 11.1 Å². The number of phenols is 1. The lowest BCUT2D eigenvalue weighted by Gasteiger charge is -2.23. The SMILES string of the molecule is COc1cc(C(C)(C)C)cc(-c2c(C(=O)O)c(N)[nH]c(=O)c2C(=O)O)c1O. The van der Waals surface area contributed by atoms with E-state index in [2.05, 4.69) is 0 Å². The van der Waals surface area contributed by atoms with E-state index in [0.29, 0.717) is 5.56 Å². The van der Waals surface area contributed by atoms with Gasteiger partial charge in [-0.1, -0.05) is 20.8 Å². The van der Waals surface area contributed by atoms with Gasteiger partial charge in [-0.05, 0) is 23.1 Å². The van der Waals surface area contributed by atoms with Gasteiger partial charge < -0.3 is 30.8 Å². The summed E-state index contributed by atoms with van der Waals surface area (Å²) in [6, 6.07) is 2.97. The van der Waals surface area contributed by atoms with E-state index >= 15 is 0 Å². The number of phenolic OH excluding ortho intramolecular Hbond substituents is 1. The number of nitrogens with two attached hydrogens (primary N) is 1. The first-order chi connectivity index (χ1) is 12.4. The van der Waals surface area contributed by atoms with Crippen LogP contribution in [0.2, 0.25) is 0 Å². The lowest BCUT2D eigenvalue weighted by Crippen LogP contribution is -2.24. The molecule has 0 amide bonds. The Hall–Kier alpha value is -3.49. The van der Waals surface area contributed by atoms with E-state index in [1.54, 1.807) is 6.07 Å². The summed E-state index contributed by atoms with van der Waals surface area (Å²) in [6.07, 6.45) is 0. The number of carboxylic acids is 2. The van der Waals surface area contributed by atoms with Gasteiger partial charge >= 0.3 is 11.9 Å². The third kappa shape index (κ3) is 3.43. The zero-order valence-electron chi connectivity index (χ0n) is 15.2. The minimum absolute atomic E-state index is 0.00366. The van der Waals surface area contributed by atoms with Crippen LogP contribution in [0.4, 0.5) is 5.82 Å². The van der Waals surface area contributed by atoms with E-state index in [0.717, 1.165) is 0 Å². The van der Waals surface area contributed by atoms with Gasteiger partial charge in [-0.2, -0.15) is 0 Å². The highest BCUT2D eigenvalue weighted by atomic mass is 16.5. The number of aromatic amines is 1. The van der Waals surface area contributed by atoms with Crippen LogP contribution in [-0.2, 0) is 5.41 Å². The van der Waals surface area contributed by atoms with Crippen LogP contribution < -0.4 is 16.0 Å². The fraction of sp³-hybridized carbons (Fsp3) is 0.278. The number of aromatic carboxylic acids is 2. The molecule has 144 valence electrons. The van der Waals surface area contributed by atoms with Gasteiger partial charge in [0.15, 0.2) is 11.5 Å². The highest BCUT2D eigenvalue weighted by Crippen LogP contribution is 2.43. The van der Waals surface area contributed by atoms with Gasteiger partial charge in [-0.25, -0.2) is 9.59 Å². The molecule has 27 heavy (non-hydrogen) atoms. The van der Waals surface area contributed by atoms with Gasteiger partial charge in [0.25, 0.3) is 5.56 Å². The summed E-state index contributed by atoms with van der Waals surface area (Å²) in [4.78, 5) is 37.6. The first kappa shape index (κ1) is 19.8. The number of aromatic nitrogens is 1. The molecule has 0 aliphatic carbocycles. The minimum atomic E-state index is -1.66. The Morgan fingerprint density at radius 2 is 1.67 bits per heavy atom. The number of hydrogen-bond donors (Lipinski definition) is 5. The molecule has 1 heterocycles. The van der Waals surface area contributed by atoms with Crippen LogP contribution >= 0.6 is 0 Å². The predicted molar refractivity (Wildman–Crippen MR) is 97.7 cm³/mol. The van der Waals surface area contributed by atoms with E-state index in [-0.39, 0.29) is 11.3 Å². The van der Waals surface area contributed by atoms with Crippen LogP contribution in [-0.4, -0.2) is 39.4 Å². The van der Waals surface area contributed by atoms with Crippen LogP contribution in [0, 0.1) is 0 Å². The third-order valence-electron chi connectivity index (χ3n) is 4.10. The highest BCUT2D eigenvalue weighted by molar-refractivity contribution is 6.08. The molecule has 0 saturated heterocycles. The monoisotopic (exact) mass is 376 g/mol. The molecule has 2 rings (SSSR count). The summed E-state index contributed by atoms with van der Waals surface area (Å²) in [6.45, 7) is 5.60. The Labute approximate surface area is 154 Å². The number of nitrogens with one attached hydrogen (secondary N) is 1. The summed E-state index contributed by atoms with van der Waals surface area (Å²) in [5.74, 6) is -4.23. The van der Waals surface area contributed by atoms with E-state index in [9.17, 15) is 29.7 Å². The number of ether oxygens (including phenoxy) is 1. The molecule has 0 unspecified atom stereocenters. The molecule has 2 aromatic rings. The Kier molecular flexibility index (Phi) is 4.90. The van der Waals surface area contributed by atoms with Crippen molar-refractivity contribution in [3.63, 3.8) is 0 Å². The fourth-order valence-corrected chi connectivity index (χ4v) is 2.70. The largest absolute Gasteiger partial charge is 0.504 e. The van der Waals surface area contributed by atoms with Crippen molar-refractivity contribution in [2.24, 2.45) is 0 Å². The standard InChI is InChI=1S/C18H20N2O7/c1-18(2,3)7-5-8(13(21)9(6-7)27-4)10-11(16(23)24)14(19)20-15(22)12(10)17(25)26/h5-6,21H,1-4H3,(H,23,24)(H,25,26)(H3,19,20,22). The summed E-state index contributed by atoms with van der Waals surface area (Å²) in [5.41, 5.74) is 2.59.